The number of hydrogen-bond acceptors (Lipinski definition) is 5. The Hall–Kier alpha value is -3.52. The molecule has 4 aromatic rings. The van der Waals surface area contributed by atoms with Crippen LogP contribution >= 0.6 is 11.3 Å². The minimum absolute atomic E-state index is 0.146. The van der Waals surface area contributed by atoms with Crippen LogP contribution in [0.15, 0.2) is 69.7 Å². The number of aryl methyl sites for hydroxylation is 1. The molecule has 0 radical (unpaired) electrons. The number of benzene rings is 1. The highest BCUT2D eigenvalue weighted by molar-refractivity contribution is 7.09. The maximum atomic E-state index is 13.1. The summed E-state index contributed by atoms with van der Waals surface area (Å²) in [5, 5.41) is 4.72. The van der Waals surface area contributed by atoms with Crippen LogP contribution in [0.4, 0.5) is 0 Å². The van der Waals surface area contributed by atoms with Gasteiger partial charge in [0.1, 0.15) is 6.54 Å². The van der Waals surface area contributed by atoms with E-state index in [1.165, 1.54) is 22.1 Å². The Labute approximate surface area is 176 Å². The molecule has 0 fully saturated rings. The molecule has 0 unspecified atom stereocenters. The number of aromatic nitrogens is 3. The second-order valence-electron chi connectivity index (χ2n) is 6.97. The Morgan fingerprint density at radius 2 is 1.87 bits per heavy atom. The summed E-state index contributed by atoms with van der Waals surface area (Å²) < 4.78 is 2.44. The number of rotatable bonds is 6. The minimum atomic E-state index is -0.528. The summed E-state index contributed by atoms with van der Waals surface area (Å²) in [5.74, 6) is -0.316. The zero-order valence-electron chi connectivity index (χ0n) is 16.4. The van der Waals surface area contributed by atoms with Crippen molar-refractivity contribution in [3.63, 3.8) is 0 Å². The molecule has 8 heteroatoms. The molecule has 1 amide bonds. The van der Waals surface area contributed by atoms with Crippen molar-refractivity contribution in [1.29, 1.82) is 0 Å². The molecule has 0 aliphatic heterocycles. The minimum Gasteiger partial charge on any atom is -0.350 e. The van der Waals surface area contributed by atoms with Crippen LogP contribution in [0.25, 0.3) is 11.0 Å². The summed E-state index contributed by atoms with van der Waals surface area (Å²) in [6, 6.07) is 14.8. The highest BCUT2D eigenvalue weighted by Gasteiger charge is 2.16. The van der Waals surface area contributed by atoms with E-state index in [4.69, 9.17) is 0 Å². The fourth-order valence-electron chi connectivity index (χ4n) is 3.20. The molecule has 0 spiro atoms. The van der Waals surface area contributed by atoms with E-state index in [9.17, 15) is 14.4 Å². The van der Waals surface area contributed by atoms with Crippen molar-refractivity contribution in [2.45, 2.75) is 26.6 Å². The lowest BCUT2D eigenvalue weighted by molar-refractivity contribution is -0.121. The maximum absolute atomic E-state index is 13.1. The van der Waals surface area contributed by atoms with Gasteiger partial charge in [-0.05, 0) is 36.1 Å². The molecule has 0 bridgehead atoms. The Balaban J connectivity index is 1.65. The molecule has 0 aliphatic carbocycles. The van der Waals surface area contributed by atoms with Gasteiger partial charge >= 0.3 is 5.69 Å². The van der Waals surface area contributed by atoms with Crippen molar-refractivity contribution in [1.82, 2.24) is 19.4 Å². The van der Waals surface area contributed by atoms with Gasteiger partial charge in [-0.1, -0.05) is 35.9 Å². The van der Waals surface area contributed by atoms with Gasteiger partial charge in [-0.2, -0.15) is 0 Å². The topological polar surface area (TPSA) is 86.0 Å². The van der Waals surface area contributed by atoms with Crippen molar-refractivity contribution < 1.29 is 4.79 Å². The van der Waals surface area contributed by atoms with Crippen LogP contribution in [0, 0.1) is 6.92 Å². The molecule has 30 heavy (non-hydrogen) atoms. The third kappa shape index (κ3) is 4.08. The number of pyridine rings is 1. The van der Waals surface area contributed by atoms with Crippen LogP contribution in [0.5, 0.6) is 0 Å². The molecule has 0 atom stereocenters. The SMILES string of the molecule is Cc1ccc(CNC(=O)Cn2c(=O)n(Cc3cccs3)c(=O)c3ncccc32)cc1. The van der Waals surface area contributed by atoms with Crippen LogP contribution in [-0.2, 0) is 24.4 Å². The first-order chi connectivity index (χ1) is 14.5. The predicted octanol–water partition coefficient (Wildman–Crippen LogP) is 2.29. The van der Waals surface area contributed by atoms with Crippen LogP contribution in [0.3, 0.4) is 0 Å². The lowest BCUT2D eigenvalue weighted by Gasteiger charge is -2.13. The van der Waals surface area contributed by atoms with Gasteiger partial charge in [0.15, 0.2) is 5.52 Å². The first-order valence-corrected chi connectivity index (χ1v) is 10.3. The highest BCUT2D eigenvalue weighted by Crippen LogP contribution is 2.10. The van der Waals surface area contributed by atoms with Crippen LogP contribution in [0.1, 0.15) is 16.0 Å². The summed E-state index contributed by atoms with van der Waals surface area (Å²) >= 11 is 1.46. The summed E-state index contributed by atoms with van der Waals surface area (Å²) in [6.07, 6.45) is 1.51. The molecule has 0 saturated heterocycles. The number of nitrogens with one attached hydrogen (secondary N) is 1. The zero-order valence-corrected chi connectivity index (χ0v) is 17.2. The van der Waals surface area contributed by atoms with E-state index in [1.807, 2.05) is 48.7 Å². The number of carbonyl (C=O) groups is 1. The molecule has 4 rings (SSSR count). The number of amides is 1. The van der Waals surface area contributed by atoms with E-state index in [-0.39, 0.29) is 24.5 Å². The fourth-order valence-corrected chi connectivity index (χ4v) is 3.89. The molecule has 0 saturated carbocycles. The zero-order chi connectivity index (χ0) is 21.1. The van der Waals surface area contributed by atoms with Crippen LogP contribution < -0.4 is 16.6 Å². The van der Waals surface area contributed by atoms with E-state index >= 15 is 0 Å². The number of nitrogens with zero attached hydrogens (tertiary/aromatic N) is 3. The molecule has 1 N–H and O–H groups in total. The average Bonchev–Trinajstić information content (AvgIpc) is 3.27. The summed E-state index contributed by atoms with van der Waals surface area (Å²) in [5.41, 5.74) is 1.64. The number of hydrogen-bond donors (Lipinski definition) is 1. The van der Waals surface area contributed by atoms with Crippen molar-refractivity contribution in [3.05, 3.63) is 96.9 Å². The van der Waals surface area contributed by atoms with Gasteiger partial charge < -0.3 is 5.32 Å². The van der Waals surface area contributed by atoms with Gasteiger partial charge in [0.05, 0.1) is 12.1 Å². The van der Waals surface area contributed by atoms with Crippen LogP contribution in [0.2, 0.25) is 0 Å². The molecule has 7 nitrogen and oxygen atoms in total. The van der Waals surface area contributed by atoms with Gasteiger partial charge in [-0.15, -0.1) is 11.3 Å². The van der Waals surface area contributed by atoms with Crippen molar-refractivity contribution in [2.75, 3.05) is 0 Å². The molecule has 152 valence electrons. The van der Waals surface area contributed by atoms with E-state index in [0.29, 0.717) is 12.1 Å². The number of fused-ring (bicyclic) bond motifs is 1. The molecule has 0 aliphatic rings. The maximum Gasteiger partial charge on any atom is 0.332 e. The van der Waals surface area contributed by atoms with Crippen molar-refractivity contribution in [2.24, 2.45) is 0 Å². The Morgan fingerprint density at radius 3 is 2.60 bits per heavy atom. The molecular formula is C22H20N4O3S. The van der Waals surface area contributed by atoms with E-state index in [0.717, 1.165) is 20.6 Å². The van der Waals surface area contributed by atoms with Crippen molar-refractivity contribution >= 4 is 28.3 Å². The number of carbonyl (C=O) groups excluding carboxylic acids is 1. The standard InChI is InChI=1S/C22H20N4O3S/c1-15-6-8-16(9-7-15)12-24-19(27)14-25-18-5-2-10-23-20(18)21(28)26(22(25)29)13-17-4-3-11-30-17/h2-11H,12-14H2,1H3,(H,24,27). The van der Waals surface area contributed by atoms with Gasteiger partial charge in [0.2, 0.25) is 5.91 Å². The average molecular weight is 420 g/mol. The first kappa shape index (κ1) is 19.8. The lowest BCUT2D eigenvalue weighted by atomic mass is 10.1. The first-order valence-electron chi connectivity index (χ1n) is 9.46. The fraction of sp³-hybridized carbons (Fsp3) is 0.182. The normalized spacial score (nSPS) is 11.0. The Kier molecular flexibility index (Phi) is 5.58. The third-order valence-corrected chi connectivity index (χ3v) is 5.65. The largest absolute Gasteiger partial charge is 0.350 e. The van der Waals surface area contributed by atoms with Crippen LogP contribution in [-0.4, -0.2) is 20.0 Å². The molecular weight excluding hydrogens is 400 g/mol. The number of thiophene rings is 1. The molecule has 3 aromatic heterocycles. The van der Waals surface area contributed by atoms with Gasteiger partial charge in [0, 0.05) is 17.6 Å². The predicted molar refractivity (Wildman–Crippen MR) is 117 cm³/mol. The third-order valence-electron chi connectivity index (χ3n) is 4.79. The second kappa shape index (κ2) is 8.46. The van der Waals surface area contributed by atoms with Crippen molar-refractivity contribution in [3.8, 4) is 0 Å². The lowest BCUT2D eigenvalue weighted by Crippen LogP contribution is -2.43. The van der Waals surface area contributed by atoms with E-state index < -0.39 is 11.2 Å². The molecule has 1 aromatic carbocycles. The van der Waals surface area contributed by atoms with E-state index in [1.54, 1.807) is 12.1 Å². The smallest absolute Gasteiger partial charge is 0.332 e. The van der Waals surface area contributed by atoms with E-state index in [2.05, 4.69) is 10.3 Å². The summed E-state index contributed by atoms with van der Waals surface area (Å²) in [6.45, 7) is 2.31. The summed E-state index contributed by atoms with van der Waals surface area (Å²) in [4.78, 5) is 43.6. The van der Waals surface area contributed by atoms with Gasteiger partial charge in [0.25, 0.3) is 5.56 Å². The summed E-state index contributed by atoms with van der Waals surface area (Å²) in [7, 11) is 0. The molecule has 3 heterocycles. The van der Waals surface area contributed by atoms with Gasteiger partial charge in [-0.3, -0.25) is 18.7 Å². The highest BCUT2D eigenvalue weighted by atomic mass is 32.1. The quantitative estimate of drug-likeness (QED) is 0.519. The Bertz CT molecular complexity index is 1310. The monoisotopic (exact) mass is 420 g/mol. The Morgan fingerprint density at radius 1 is 1.07 bits per heavy atom. The second-order valence-corrected chi connectivity index (χ2v) is 8.01. The van der Waals surface area contributed by atoms with Gasteiger partial charge in [-0.25, -0.2) is 9.78 Å².